The summed E-state index contributed by atoms with van der Waals surface area (Å²) in [6, 6.07) is 0. The minimum Gasteiger partial charge on any atom is -0.462 e. The summed E-state index contributed by atoms with van der Waals surface area (Å²) in [5.74, 6) is -0.514. The van der Waals surface area contributed by atoms with Crippen LogP contribution in [0.2, 0.25) is 0 Å². The number of hydrogen-bond donors (Lipinski definition) is 3. The molecule has 0 saturated heterocycles. The van der Waals surface area contributed by atoms with E-state index in [4.69, 9.17) is 37.0 Å². The molecule has 540 valence electrons. The largest absolute Gasteiger partial charge is 0.472 e. The Kier molecular flexibility index (Phi) is 62.7. The number of esters is 4. The van der Waals surface area contributed by atoms with E-state index in [0.29, 0.717) is 25.7 Å². The van der Waals surface area contributed by atoms with Crippen molar-refractivity contribution in [1.29, 1.82) is 0 Å². The highest BCUT2D eigenvalue weighted by molar-refractivity contribution is 7.47. The van der Waals surface area contributed by atoms with Gasteiger partial charge in [0.2, 0.25) is 0 Å². The maximum Gasteiger partial charge on any atom is 0.472 e. The summed E-state index contributed by atoms with van der Waals surface area (Å²) in [4.78, 5) is 72.2. The Hall–Kier alpha value is -1.94. The minimum atomic E-state index is -4.95. The second kappa shape index (κ2) is 64.1. The maximum absolute atomic E-state index is 13.1. The maximum atomic E-state index is 13.1. The van der Waals surface area contributed by atoms with Gasteiger partial charge in [-0.15, -0.1) is 0 Å². The summed E-state index contributed by atoms with van der Waals surface area (Å²) >= 11 is 0. The summed E-state index contributed by atoms with van der Waals surface area (Å²) in [6.45, 7) is 9.50. The van der Waals surface area contributed by atoms with Crippen LogP contribution in [0.4, 0.5) is 0 Å². The van der Waals surface area contributed by atoms with Gasteiger partial charge in [0.15, 0.2) is 12.2 Å². The summed E-state index contributed by atoms with van der Waals surface area (Å²) in [5, 5.41) is 10.5. The summed E-state index contributed by atoms with van der Waals surface area (Å²) < 4.78 is 68.0. The number of ether oxygens (including phenoxy) is 4. The lowest BCUT2D eigenvalue weighted by atomic mass is 10.0. The van der Waals surface area contributed by atoms with Crippen molar-refractivity contribution in [1.82, 2.24) is 0 Å². The fourth-order valence-corrected chi connectivity index (χ4v) is 12.5. The van der Waals surface area contributed by atoms with Crippen molar-refractivity contribution in [3.63, 3.8) is 0 Å². The Bertz CT molecular complexity index is 1770. The minimum absolute atomic E-state index is 0.104. The normalized spacial score (nSPS) is 14.1. The first-order valence-electron chi connectivity index (χ1n) is 37.5. The number of aliphatic hydroxyl groups excluding tert-OH is 1. The van der Waals surface area contributed by atoms with Crippen molar-refractivity contribution in [2.24, 2.45) is 11.8 Å². The van der Waals surface area contributed by atoms with Gasteiger partial charge in [0, 0.05) is 25.7 Å². The van der Waals surface area contributed by atoms with Gasteiger partial charge >= 0.3 is 39.5 Å². The van der Waals surface area contributed by atoms with Gasteiger partial charge < -0.3 is 33.8 Å². The van der Waals surface area contributed by atoms with Gasteiger partial charge in [0.05, 0.1) is 26.4 Å². The zero-order chi connectivity index (χ0) is 67.2. The highest BCUT2D eigenvalue weighted by Crippen LogP contribution is 2.45. The van der Waals surface area contributed by atoms with E-state index < -0.39 is 97.5 Å². The Morgan fingerprint density at radius 2 is 0.505 bits per heavy atom. The van der Waals surface area contributed by atoms with E-state index in [2.05, 4.69) is 41.5 Å². The Balaban J connectivity index is 5.10. The Morgan fingerprint density at radius 3 is 0.747 bits per heavy atom. The zero-order valence-corrected chi connectivity index (χ0v) is 60.9. The van der Waals surface area contributed by atoms with Crippen LogP contribution in [0.1, 0.15) is 369 Å². The second-order valence-corrected chi connectivity index (χ2v) is 29.8. The molecule has 0 saturated carbocycles. The van der Waals surface area contributed by atoms with Gasteiger partial charge in [-0.05, 0) is 37.5 Å². The quantitative estimate of drug-likeness (QED) is 0.0222. The molecule has 0 aliphatic rings. The highest BCUT2D eigenvalue weighted by atomic mass is 31.2. The van der Waals surface area contributed by atoms with Crippen LogP contribution in [0.3, 0.4) is 0 Å². The first-order chi connectivity index (χ1) is 43.9. The molecule has 0 aliphatic carbocycles. The number of rotatable bonds is 71. The lowest BCUT2D eigenvalue weighted by Crippen LogP contribution is -2.30. The number of aliphatic hydroxyl groups is 1. The van der Waals surface area contributed by atoms with E-state index in [1.807, 2.05) is 0 Å². The molecule has 5 atom stereocenters. The molecule has 2 unspecified atom stereocenters. The third-order valence-corrected chi connectivity index (χ3v) is 18.6. The molecule has 0 fully saturated rings. The number of hydrogen-bond acceptors (Lipinski definition) is 15. The summed E-state index contributed by atoms with van der Waals surface area (Å²) in [7, 11) is -9.89. The lowest BCUT2D eigenvalue weighted by Gasteiger charge is -2.21. The molecule has 0 heterocycles. The molecular weight excluding hydrogens is 1200 g/mol. The van der Waals surface area contributed by atoms with E-state index in [0.717, 1.165) is 115 Å². The van der Waals surface area contributed by atoms with Crippen molar-refractivity contribution in [2.75, 3.05) is 39.6 Å². The molecule has 0 amide bonds. The molecule has 19 heteroatoms. The van der Waals surface area contributed by atoms with Crippen LogP contribution in [0, 0.1) is 11.8 Å². The molecule has 0 aliphatic heterocycles. The summed E-state index contributed by atoms with van der Waals surface area (Å²) in [6.07, 6.45) is 50.6. The van der Waals surface area contributed by atoms with Gasteiger partial charge in [-0.3, -0.25) is 37.3 Å². The molecule has 0 radical (unpaired) electrons. The molecule has 3 N–H and O–H groups in total. The third-order valence-electron chi connectivity index (χ3n) is 16.7. The van der Waals surface area contributed by atoms with Gasteiger partial charge in [-0.1, -0.05) is 318 Å². The smallest absolute Gasteiger partial charge is 0.462 e. The van der Waals surface area contributed by atoms with Gasteiger partial charge in [0.1, 0.15) is 19.3 Å². The third kappa shape index (κ3) is 66.5. The average Bonchev–Trinajstić information content (AvgIpc) is 2.70. The van der Waals surface area contributed by atoms with Crippen molar-refractivity contribution in [3.05, 3.63) is 0 Å². The van der Waals surface area contributed by atoms with Crippen LogP contribution >= 0.6 is 15.6 Å². The van der Waals surface area contributed by atoms with E-state index >= 15 is 0 Å². The van der Waals surface area contributed by atoms with Crippen LogP contribution in [0.15, 0.2) is 0 Å². The molecule has 0 bridgehead atoms. The van der Waals surface area contributed by atoms with Crippen molar-refractivity contribution >= 4 is 39.5 Å². The van der Waals surface area contributed by atoms with E-state index in [1.54, 1.807) is 0 Å². The molecule has 0 rings (SSSR count). The van der Waals surface area contributed by atoms with Crippen molar-refractivity contribution in [3.8, 4) is 0 Å². The van der Waals surface area contributed by atoms with Gasteiger partial charge in [-0.25, -0.2) is 9.13 Å². The zero-order valence-electron chi connectivity index (χ0n) is 59.1. The number of carbonyl (C=O) groups excluding carboxylic acids is 4. The topological polar surface area (TPSA) is 237 Å². The van der Waals surface area contributed by atoms with Crippen molar-refractivity contribution < 1.29 is 80.2 Å². The Morgan fingerprint density at radius 1 is 0.297 bits per heavy atom. The van der Waals surface area contributed by atoms with Gasteiger partial charge in [0.25, 0.3) is 0 Å². The SMILES string of the molecule is CCCCCCCCCCC(=O)O[C@H](COC(=O)CCCCCCC)COP(=O)(O)OC[C@H](O)COP(=O)(O)OC[C@@H](COC(=O)CCCCCCCCCCCCCCCCCCC(C)C)OC(=O)CCCCCCCCCCCCCCCCCCC(C)C. The lowest BCUT2D eigenvalue weighted by molar-refractivity contribution is -0.161. The predicted octanol–water partition coefficient (Wildman–Crippen LogP) is 20.8. The van der Waals surface area contributed by atoms with E-state index in [9.17, 15) is 43.2 Å². The van der Waals surface area contributed by atoms with Crippen LogP contribution in [0.25, 0.3) is 0 Å². The van der Waals surface area contributed by atoms with Crippen LogP contribution in [0.5, 0.6) is 0 Å². The van der Waals surface area contributed by atoms with Crippen molar-refractivity contribution in [2.45, 2.75) is 387 Å². The van der Waals surface area contributed by atoms with Crippen LogP contribution < -0.4 is 0 Å². The summed E-state index contributed by atoms with van der Waals surface area (Å²) in [5.41, 5.74) is 0. The first kappa shape index (κ1) is 89.1. The number of unbranched alkanes of at least 4 members (excludes halogenated alkanes) is 41. The number of carbonyl (C=O) groups is 4. The van der Waals surface area contributed by atoms with E-state index in [1.165, 1.54) is 173 Å². The monoisotopic (exact) mass is 1340 g/mol. The first-order valence-corrected chi connectivity index (χ1v) is 40.5. The molecule has 17 nitrogen and oxygen atoms in total. The molecule has 0 aromatic heterocycles. The highest BCUT2D eigenvalue weighted by Gasteiger charge is 2.30. The number of phosphoric ester groups is 2. The molecule has 0 aromatic carbocycles. The predicted molar refractivity (Wildman–Crippen MR) is 368 cm³/mol. The molecule has 0 aromatic rings. The second-order valence-electron chi connectivity index (χ2n) is 26.9. The Labute approximate surface area is 556 Å². The standard InChI is InChI=1S/C72H140O17P2/c1-7-9-11-13-14-37-44-50-56-71(76)88-67(60-82-69(74)54-48-40-12-10-8-2)62-86-90(78,79)84-58-66(73)59-85-91(80,81)87-63-68(89-72(77)57-51-45-39-34-30-26-22-18-16-20-24-28-32-36-42-47-53-65(5)6)61-83-70(75)55-49-43-38-33-29-25-21-17-15-19-23-27-31-35-41-46-52-64(3)4/h64-68,73H,7-63H2,1-6H3,(H,78,79)(H,80,81)/t66-,67+,68+/m0/s1. The van der Waals surface area contributed by atoms with E-state index in [-0.39, 0.29) is 25.7 Å². The molecular formula is C72H140O17P2. The van der Waals surface area contributed by atoms with Gasteiger partial charge in [-0.2, -0.15) is 0 Å². The molecule has 0 spiro atoms. The average molecular weight is 1340 g/mol. The number of phosphoric acid groups is 2. The van der Waals surface area contributed by atoms with Crippen LogP contribution in [-0.2, 0) is 65.4 Å². The molecule has 91 heavy (non-hydrogen) atoms. The fraction of sp³-hybridized carbons (Fsp3) is 0.944. The fourth-order valence-electron chi connectivity index (χ4n) is 10.9. The van der Waals surface area contributed by atoms with Crippen LogP contribution in [-0.4, -0.2) is 96.7 Å².